The first kappa shape index (κ1) is 19.5. The zero-order valence-electron chi connectivity index (χ0n) is 14.5. The number of aromatic nitrogens is 1. The number of halogens is 2. The first-order chi connectivity index (χ1) is 12.5. The Hall–Kier alpha value is -2.83. The summed E-state index contributed by atoms with van der Waals surface area (Å²) in [5.74, 6) is -2.31. The van der Waals surface area contributed by atoms with E-state index in [9.17, 15) is 18.4 Å². The van der Waals surface area contributed by atoms with Gasteiger partial charge in [-0.1, -0.05) is 6.07 Å². The Morgan fingerprint density at radius 3 is 2.69 bits per heavy atom. The van der Waals surface area contributed by atoms with Crippen molar-refractivity contribution in [2.45, 2.75) is 19.3 Å². The van der Waals surface area contributed by atoms with Crippen LogP contribution in [0.5, 0.6) is 0 Å². The second kappa shape index (κ2) is 9.60. The Morgan fingerprint density at radius 2 is 2.00 bits per heavy atom. The third kappa shape index (κ3) is 5.91. The normalized spacial score (nSPS) is 10.4. The number of benzene rings is 1. The molecule has 0 aliphatic carbocycles. The van der Waals surface area contributed by atoms with Crippen LogP contribution in [-0.2, 0) is 11.2 Å². The molecular formula is C19H21F2N3O2. The molecule has 0 spiro atoms. The van der Waals surface area contributed by atoms with Gasteiger partial charge in [0.15, 0.2) is 0 Å². The van der Waals surface area contributed by atoms with E-state index in [2.05, 4.69) is 10.3 Å². The first-order valence-electron chi connectivity index (χ1n) is 8.34. The fourth-order valence-electron chi connectivity index (χ4n) is 2.35. The minimum absolute atomic E-state index is 0.0388. The first-order valence-corrected chi connectivity index (χ1v) is 8.34. The van der Waals surface area contributed by atoms with Crippen LogP contribution in [0.2, 0.25) is 0 Å². The highest BCUT2D eigenvalue weighted by molar-refractivity contribution is 5.94. The van der Waals surface area contributed by atoms with Crippen LogP contribution in [0, 0.1) is 11.6 Å². The maximum atomic E-state index is 13.5. The number of pyridine rings is 1. The van der Waals surface area contributed by atoms with Crippen molar-refractivity contribution < 1.29 is 18.4 Å². The Labute approximate surface area is 151 Å². The van der Waals surface area contributed by atoms with Gasteiger partial charge in [0, 0.05) is 50.9 Å². The number of amides is 2. The molecule has 2 amide bonds. The van der Waals surface area contributed by atoms with Crippen molar-refractivity contribution in [1.29, 1.82) is 0 Å². The van der Waals surface area contributed by atoms with Gasteiger partial charge in [-0.3, -0.25) is 14.6 Å². The molecule has 0 saturated carbocycles. The highest BCUT2D eigenvalue weighted by Crippen LogP contribution is 2.09. The van der Waals surface area contributed by atoms with Crippen molar-refractivity contribution in [2.24, 2.45) is 0 Å². The molecule has 26 heavy (non-hydrogen) atoms. The van der Waals surface area contributed by atoms with Crippen molar-refractivity contribution in [2.75, 3.05) is 20.1 Å². The highest BCUT2D eigenvalue weighted by atomic mass is 19.1. The molecule has 1 N–H and O–H groups in total. The van der Waals surface area contributed by atoms with Crippen molar-refractivity contribution in [3.05, 3.63) is 65.5 Å². The Balaban J connectivity index is 1.68. The van der Waals surface area contributed by atoms with Crippen molar-refractivity contribution >= 4 is 11.8 Å². The Kier molecular flexibility index (Phi) is 7.20. The fourth-order valence-corrected chi connectivity index (χ4v) is 2.35. The third-order valence-corrected chi connectivity index (χ3v) is 3.88. The molecule has 0 fully saturated rings. The zero-order chi connectivity index (χ0) is 18.9. The summed E-state index contributed by atoms with van der Waals surface area (Å²) in [5.41, 5.74) is 0.700. The average Bonchev–Trinajstić information content (AvgIpc) is 2.63. The zero-order valence-corrected chi connectivity index (χ0v) is 14.5. The standard InChI is InChI=1S/C19H21F2N3O2/c1-24(12-9-15-5-2-3-10-22-15)18(25)6-4-11-23-19(26)16-8-7-14(20)13-17(16)21/h2-3,5,7-8,10,13H,4,6,9,11-12H2,1H3,(H,23,26). The number of nitrogens with one attached hydrogen (secondary N) is 1. The maximum absolute atomic E-state index is 13.5. The molecule has 2 rings (SSSR count). The molecule has 0 atom stereocenters. The summed E-state index contributed by atoms with van der Waals surface area (Å²) in [5, 5.41) is 2.53. The molecule has 0 saturated heterocycles. The van der Waals surface area contributed by atoms with E-state index >= 15 is 0 Å². The van der Waals surface area contributed by atoms with E-state index in [1.165, 1.54) is 0 Å². The Bertz CT molecular complexity index is 754. The molecule has 0 aliphatic heterocycles. The molecule has 1 aromatic carbocycles. The number of nitrogens with zero attached hydrogens (tertiary/aromatic N) is 2. The predicted molar refractivity (Wildman–Crippen MR) is 93.5 cm³/mol. The fraction of sp³-hybridized carbons (Fsp3) is 0.316. The lowest BCUT2D eigenvalue weighted by Gasteiger charge is -2.17. The number of hydrogen-bond donors (Lipinski definition) is 1. The summed E-state index contributed by atoms with van der Waals surface area (Å²) in [6, 6.07) is 8.42. The minimum atomic E-state index is -0.909. The van der Waals surface area contributed by atoms with E-state index in [1.54, 1.807) is 18.1 Å². The quantitative estimate of drug-likeness (QED) is 0.735. The van der Waals surface area contributed by atoms with Gasteiger partial charge in [-0.25, -0.2) is 8.78 Å². The second-order valence-electron chi connectivity index (χ2n) is 5.87. The van der Waals surface area contributed by atoms with Crippen LogP contribution < -0.4 is 5.32 Å². The second-order valence-corrected chi connectivity index (χ2v) is 5.87. The van der Waals surface area contributed by atoms with E-state index < -0.39 is 17.5 Å². The van der Waals surface area contributed by atoms with Crippen LogP contribution in [0.15, 0.2) is 42.6 Å². The van der Waals surface area contributed by atoms with E-state index in [0.717, 1.165) is 17.8 Å². The topological polar surface area (TPSA) is 62.3 Å². The largest absolute Gasteiger partial charge is 0.352 e. The number of rotatable bonds is 8. The molecule has 138 valence electrons. The highest BCUT2D eigenvalue weighted by Gasteiger charge is 2.13. The molecule has 2 aromatic rings. The van der Waals surface area contributed by atoms with Gasteiger partial charge in [0.05, 0.1) is 5.56 Å². The maximum Gasteiger partial charge on any atom is 0.254 e. The van der Waals surface area contributed by atoms with Gasteiger partial charge in [0.2, 0.25) is 5.91 Å². The molecule has 0 bridgehead atoms. The molecule has 0 aliphatic rings. The van der Waals surface area contributed by atoms with Crippen LogP contribution in [-0.4, -0.2) is 41.8 Å². The van der Waals surface area contributed by atoms with Gasteiger partial charge in [-0.2, -0.15) is 0 Å². The van der Waals surface area contributed by atoms with Gasteiger partial charge in [0.1, 0.15) is 11.6 Å². The lowest BCUT2D eigenvalue weighted by Crippen LogP contribution is -2.30. The van der Waals surface area contributed by atoms with Crippen LogP contribution in [0.1, 0.15) is 28.9 Å². The molecular weight excluding hydrogens is 340 g/mol. The lowest BCUT2D eigenvalue weighted by atomic mass is 10.2. The van der Waals surface area contributed by atoms with E-state index in [1.807, 2.05) is 18.2 Å². The van der Waals surface area contributed by atoms with Crippen molar-refractivity contribution in [1.82, 2.24) is 15.2 Å². The van der Waals surface area contributed by atoms with Crippen molar-refractivity contribution in [3.63, 3.8) is 0 Å². The van der Waals surface area contributed by atoms with Crippen LogP contribution >= 0.6 is 0 Å². The van der Waals surface area contributed by atoms with Crippen LogP contribution in [0.4, 0.5) is 8.78 Å². The summed E-state index contributed by atoms with van der Waals surface area (Å²) in [4.78, 5) is 29.7. The average molecular weight is 361 g/mol. The van der Waals surface area contributed by atoms with Crippen LogP contribution in [0.25, 0.3) is 0 Å². The predicted octanol–water partition coefficient (Wildman–Crippen LogP) is 2.57. The molecule has 1 heterocycles. The smallest absolute Gasteiger partial charge is 0.254 e. The summed E-state index contributed by atoms with van der Waals surface area (Å²) < 4.78 is 26.3. The van der Waals surface area contributed by atoms with Gasteiger partial charge < -0.3 is 10.2 Å². The molecule has 7 heteroatoms. The number of hydrogen-bond acceptors (Lipinski definition) is 3. The van der Waals surface area contributed by atoms with Gasteiger partial charge in [-0.05, 0) is 30.7 Å². The van der Waals surface area contributed by atoms with E-state index in [0.29, 0.717) is 25.5 Å². The summed E-state index contributed by atoms with van der Waals surface area (Å²) in [6.07, 6.45) is 3.08. The van der Waals surface area contributed by atoms with Crippen LogP contribution in [0.3, 0.4) is 0 Å². The van der Waals surface area contributed by atoms with Gasteiger partial charge in [0.25, 0.3) is 5.91 Å². The Morgan fingerprint density at radius 1 is 1.19 bits per heavy atom. The van der Waals surface area contributed by atoms with E-state index in [-0.39, 0.29) is 24.4 Å². The molecule has 0 unspecified atom stereocenters. The number of carbonyl (C=O) groups is 2. The summed E-state index contributed by atoms with van der Waals surface area (Å²) in [6.45, 7) is 0.790. The number of carbonyl (C=O) groups excluding carboxylic acids is 2. The monoisotopic (exact) mass is 361 g/mol. The summed E-state index contributed by atoms with van der Waals surface area (Å²) >= 11 is 0. The van der Waals surface area contributed by atoms with Gasteiger partial charge >= 0.3 is 0 Å². The van der Waals surface area contributed by atoms with Gasteiger partial charge in [-0.15, -0.1) is 0 Å². The lowest BCUT2D eigenvalue weighted by molar-refractivity contribution is -0.129. The molecule has 1 aromatic heterocycles. The SMILES string of the molecule is CN(CCc1ccccn1)C(=O)CCCNC(=O)c1ccc(F)cc1F. The molecule has 0 radical (unpaired) electrons. The summed E-state index contributed by atoms with van der Waals surface area (Å²) in [7, 11) is 1.72. The number of likely N-dealkylation sites (N-methyl/N-ethyl adjacent to an activating group) is 1. The third-order valence-electron chi connectivity index (χ3n) is 3.88. The minimum Gasteiger partial charge on any atom is -0.352 e. The molecule has 5 nitrogen and oxygen atoms in total. The van der Waals surface area contributed by atoms with E-state index in [4.69, 9.17) is 0 Å². The van der Waals surface area contributed by atoms with Crippen molar-refractivity contribution in [3.8, 4) is 0 Å².